The standard InChI is InChI=1S/C17H14N4OS2/c22-16(9-13-11-24-17(20-13)14-2-1-7-23-14)19-10-12-3-5-21-6-4-18-15(21)8-12/h1-8,11H,9-10H2,(H,19,22). The van der Waals surface area contributed by atoms with Crippen molar-refractivity contribution in [3.05, 3.63) is 64.9 Å². The van der Waals surface area contributed by atoms with Crippen molar-refractivity contribution in [3.8, 4) is 9.88 Å². The van der Waals surface area contributed by atoms with Gasteiger partial charge in [0.2, 0.25) is 5.91 Å². The third kappa shape index (κ3) is 3.22. The first-order chi connectivity index (χ1) is 11.8. The summed E-state index contributed by atoms with van der Waals surface area (Å²) >= 11 is 3.23. The van der Waals surface area contributed by atoms with Crippen LogP contribution in [0, 0.1) is 0 Å². The van der Waals surface area contributed by atoms with Crippen LogP contribution < -0.4 is 5.32 Å². The minimum Gasteiger partial charge on any atom is -0.352 e. The van der Waals surface area contributed by atoms with E-state index in [-0.39, 0.29) is 5.91 Å². The Morgan fingerprint density at radius 1 is 1.25 bits per heavy atom. The Morgan fingerprint density at radius 3 is 3.08 bits per heavy atom. The average Bonchev–Trinajstić information content (AvgIpc) is 3.32. The van der Waals surface area contributed by atoms with Crippen LogP contribution in [-0.4, -0.2) is 20.3 Å². The van der Waals surface area contributed by atoms with Crippen molar-refractivity contribution in [1.82, 2.24) is 19.7 Å². The van der Waals surface area contributed by atoms with Crippen molar-refractivity contribution >= 4 is 34.2 Å². The summed E-state index contributed by atoms with van der Waals surface area (Å²) in [5.74, 6) is -0.0266. The fourth-order valence-corrected chi connectivity index (χ4v) is 4.03. The zero-order valence-corrected chi connectivity index (χ0v) is 14.3. The maximum atomic E-state index is 12.1. The molecule has 0 aromatic carbocycles. The van der Waals surface area contributed by atoms with Crippen LogP contribution in [0.5, 0.6) is 0 Å². The predicted molar refractivity (Wildman–Crippen MR) is 96.2 cm³/mol. The highest BCUT2D eigenvalue weighted by molar-refractivity contribution is 7.20. The van der Waals surface area contributed by atoms with Crippen LogP contribution >= 0.6 is 22.7 Å². The van der Waals surface area contributed by atoms with E-state index in [9.17, 15) is 4.79 Å². The van der Waals surface area contributed by atoms with E-state index >= 15 is 0 Å². The van der Waals surface area contributed by atoms with Crippen molar-refractivity contribution in [2.45, 2.75) is 13.0 Å². The largest absolute Gasteiger partial charge is 0.352 e. The van der Waals surface area contributed by atoms with Gasteiger partial charge in [-0.2, -0.15) is 0 Å². The summed E-state index contributed by atoms with van der Waals surface area (Å²) in [6.45, 7) is 0.490. The van der Waals surface area contributed by atoms with E-state index in [1.54, 1.807) is 28.9 Å². The lowest BCUT2D eigenvalue weighted by Gasteiger charge is -2.05. The molecule has 0 radical (unpaired) electrons. The number of nitrogens with zero attached hydrogens (tertiary/aromatic N) is 3. The maximum Gasteiger partial charge on any atom is 0.226 e. The molecule has 7 heteroatoms. The summed E-state index contributed by atoms with van der Waals surface area (Å²) in [4.78, 5) is 22.0. The molecule has 1 amide bonds. The second kappa shape index (κ2) is 6.54. The molecule has 0 aliphatic heterocycles. The Balaban J connectivity index is 1.36. The molecule has 5 nitrogen and oxygen atoms in total. The second-order valence-corrected chi connectivity index (χ2v) is 7.11. The first kappa shape index (κ1) is 15.0. The van der Waals surface area contributed by atoms with Gasteiger partial charge in [-0.1, -0.05) is 6.07 Å². The summed E-state index contributed by atoms with van der Waals surface area (Å²) < 4.78 is 1.94. The second-order valence-electron chi connectivity index (χ2n) is 5.30. The highest BCUT2D eigenvalue weighted by Crippen LogP contribution is 2.27. The molecule has 0 unspecified atom stereocenters. The lowest BCUT2D eigenvalue weighted by atomic mass is 10.2. The van der Waals surface area contributed by atoms with Crippen LogP contribution in [0.25, 0.3) is 15.5 Å². The number of nitrogens with one attached hydrogen (secondary N) is 1. The van der Waals surface area contributed by atoms with Gasteiger partial charge in [-0.25, -0.2) is 9.97 Å². The lowest BCUT2D eigenvalue weighted by molar-refractivity contribution is -0.120. The molecule has 0 saturated heterocycles. The Morgan fingerprint density at radius 2 is 2.21 bits per heavy atom. The van der Waals surface area contributed by atoms with Crippen molar-refractivity contribution in [1.29, 1.82) is 0 Å². The molecular formula is C17H14N4OS2. The van der Waals surface area contributed by atoms with Crippen molar-refractivity contribution in [3.63, 3.8) is 0 Å². The summed E-state index contributed by atoms with van der Waals surface area (Å²) in [5, 5.41) is 7.89. The molecule has 4 aromatic heterocycles. The summed E-state index contributed by atoms with van der Waals surface area (Å²) in [7, 11) is 0. The van der Waals surface area contributed by atoms with E-state index in [0.717, 1.165) is 26.8 Å². The predicted octanol–water partition coefficient (Wildman–Crippen LogP) is 3.38. The van der Waals surface area contributed by atoms with Crippen LogP contribution in [0.4, 0.5) is 0 Å². The summed E-state index contributed by atoms with van der Waals surface area (Å²) in [6.07, 6.45) is 5.89. The van der Waals surface area contributed by atoms with Crippen LogP contribution in [0.15, 0.2) is 53.6 Å². The van der Waals surface area contributed by atoms with E-state index in [1.165, 1.54) is 0 Å². The number of fused-ring (bicyclic) bond motifs is 1. The van der Waals surface area contributed by atoms with Gasteiger partial charge in [-0.05, 0) is 29.1 Å². The number of imidazole rings is 1. The van der Waals surface area contributed by atoms with Crippen LogP contribution in [0.2, 0.25) is 0 Å². The number of hydrogen-bond acceptors (Lipinski definition) is 5. The van der Waals surface area contributed by atoms with E-state index in [2.05, 4.69) is 15.3 Å². The Kier molecular flexibility index (Phi) is 4.10. The van der Waals surface area contributed by atoms with E-state index in [0.29, 0.717) is 13.0 Å². The first-order valence-corrected chi connectivity index (χ1v) is 9.20. The number of thiophene rings is 1. The molecule has 4 rings (SSSR count). The molecule has 24 heavy (non-hydrogen) atoms. The monoisotopic (exact) mass is 354 g/mol. The fourth-order valence-electron chi connectivity index (χ4n) is 2.39. The fraction of sp³-hybridized carbons (Fsp3) is 0.118. The van der Waals surface area contributed by atoms with Gasteiger partial charge >= 0.3 is 0 Å². The van der Waals surface area contributed by atoms with Gasteiger partial charge in [-0.15, -0.1) is 22.7 Å². The molecule has 0 spiro atoms. The third-order valence-electron chi connectivity index (χ3n) is 3.58. The molecular weight excluding hydrogens is 340 g/mol. The van der Waals surface area contributed by atoms with Crippen LogP contribution in [0.1, 0.15) is 11.3 Å². The normalized spacial score (nSPS) is 11.0. The summed E-state index contributed by atoms with van der Waals surface area (Å²) in [5.41, 5.74) is 2.71. The first-order valence-electron chi connectivity index (χ1n) is 7.44. The van der Waals surface area contributed by atoms with E-state index in [1.807, 2.05) is 51.8 Å². The quantitative estimate of drug-likeness (QED) is 0.598. The third-order valence-corrected chi connectivity index (χ3v) is 5.51. The zero-order chi connectivity index (χ0) is 16.4. The summed E-state index contributed by atoms with van der Waals surface area (Å²) in [6, 6.07) is 7.99. The lowest BCUT2D eigenvalue weighted by Crippen LogP contribution is -2.24. The molecule has 0 fully saturated rings. The van der Waals surface area contributed by atoms with Crippen LogP contribution in [0.3, 0.4) is 0 Å². The number of carbonyl (C=O) groups is 1. The van der Waals surface area contributed by atoms with Gasteiger partial charge in [-0.3, -0.25) is 4.79 Å². The smallest absolute Gasteiger partial charge is 0.226 e. The van der Waals surface area contributed by atoms with Gasteiger partial charge in [0, 0.05) is 30.5 Å². The highest BCUT2D eigenvalue weighted by Gasteiger charge is 2.09. The maximum absolute atomic E-state index is 12.1. The van der Waals surface area contributed by atoms with Gasteiger partial charge in [0.05, 0.1) is 17.0 Å². The minimum atomic E-state index is -0.0266. The Hall–Kier alpha value is -2.51. The zero-order valence-electron chi connectivity index (χ0n) is 12.7. The molecule has 120 valence electrons. The number of rotatable bonds is 5. The van der Waals surface area contributed by atoms with Crippen LogP contribution in [-0.2, 0) is 17.8 Å². The molecule has 0 saturated carbocycles. The van der Waals surface area contributed by atoms with Gasteiger partial charge in [0.1, 0.15) is 10.7 Å². The topological polar surface area (TPSA) is 59.3 Å². The van der Waals surface area contributed by atoms with Crippen molar-refractivity contribution < 1.29 is 4.79 Å². The van der Waals surface area contributed by atoms with E-state index < -0.39 is 0 Å². The van der Waals surface area contributed by atoms with Crippen molar-refractivity contribution in [2.75, 3.05) is 0 Å². The minimum absolute atomic E-state index is 0.0266. The SMILES string of the molecule is O=C(Cc1csc(-c2cccs2)n1)NCc1ccn2ccnc2c1. The molecule has 1 N–H and O–H groups in total. The number of amides is 1. The Labute approximate surface area is 146 Å². The molecule has 0 aliphatic rings. The molecule has 0 bridgehead atoms. The Bertz CT molecular complexity index is 971. The van der Waals surface area contributed by atoms with Crippen molar-refractivity contribution in [2.24, 2.45) is 0 Å². The number of aromatic nitrogens is 3. The number of carbonyl (C=O) groups excluding carboxylic acids is 1. The van der Waals surface area contributed by atoms with Gasteiger partial charge in [0.25, 0.3) is 0 Å². The number of thiazole rings is 1. The molecule has 4 heterocycles. The molecule has 0 atom stereocenters. The average molecular weight is 354 g/mol. The van der Waals surface area contributed by atoms with Gasteiger partial charge < -0.3 is 9.72 Å². The number of pyridine rings is 1. The van der Waals surface area contributed by atoms with Gasteiger partial charge in [0.15, 0.2) is 0 Å². The molecule has 0 aliphatic carbocycles. The number of hydrogen-bond donors (Lipinski definition) is 1. The van der Waals surface area contributed by atoms with E-state index in [4.69, 9.17) is 0 Å². The highest BCUT2D eigenvalue weighted by atomic mass is 32.1. The molecule has 4 aromatic rings.